The van der Waals surface area contributed by atoms with Crippen LogP contribution < -0.4 is 0 Å². The van der Waals surface area contributed by atoms with E-state index in [2.05, 4.69) is 32.2 Å². The first kappa shape index (κ1) is 21.3. The van der Waals surface area contributed by atoms with Crippen molar-refractivity contribution in [1.82, 2.24) is 24.9 Å². The largest absolute Gasteiger partial charge is 0.336 e. The number of aromatic nitrogens is 3. The van der Waals surface area contributed by atoms with Crippen LogP contribution in [0.15, 0.2) is 77.4 Å². The van der Waals surface area contributed by atoms with Gasteiger partial charge < -0.3 is 9.42 Å². The minimum Gasteiger partial charge on any atom is -0.336 e. The second-order valence-corrected chi connectivity index (χ2v) is 8.26. The van der Waals surface area contributed by atoms with E-state index in [1.165, 1.54) is 0 Å². The van der Waals surface area contributed by atoms with Crippen LogP contribution in [0.3, 0.4) is 0 Å². The van der Waals surface area contributed by atoms with E-state index in [-0.39, 0.29) is 11.1 Å². The second-order valence-electron chi connectivity index (χ2n) is 7.90. The van der Waals surface area contributed by atoms with Crippen LogP contribution in [0, 0.1) is 0 Å². The summed E-state index contributed by atoms with van der Waals surface area (Å²) < 4.78 is 5.45. The third-order valence-corrected chi connectivity index (χ3v) is 5.99. The van der Waals surface area contributed by atoms with E-state index >= 15 is 0 Å². The smallest absolute Gasteiger partial charge is 0.258 e. The molecule has 1 fully saturated rings. The van der Waals surface area contributed by atoms with Gasteiger partial charge in [-0.25, -0.2) is 4.98 Å². The number of halogens is 1. The predicted octanol–water partition coefficient (Wildman–Crippen LogP) is 4.41. The van der Waals surface area contributed by atoms with Crippen molar-refractivity contribution in [3.05, 3.63) is 89.2 Å². The van der Waals surface area contributed by atoms with Gasteiger partial charge >= 0.3 is 0 Å². The van der Waals surface area contributed by atoms with Gasteiger partial charge in [0.2, 0.25) is 5.82 Å². The molecule has 2 aromatic carbocycles. The molecular weight excluding hydrogens is 438 g/mol. The van der Waals surface area contributed by atoms with E-state index in [9.17, 15) is 4.79 Å². The van der Waals surface area contributed by atoms with E-state index < -0.39 is 0 Å². The fourth-order valence-corrected chi connectivity index (χ4v) is 4.13. The third-order valence-electron chi connectivity index (χ3n) is 5.69. The Morgan fingerprint density at radius 3 is 2.52 bits per heavy atom. The normalized spacial score (nSPS) is 14.4. The highest BCUT2D eigenvalue weighted by atomic mass is 35.5. The average molecular weight is 460 g/mol. The summed E-state index contributed by atoms with van der Waals surface area (Å²) in [6, 6.07) is 21.4. The Morgan fingerprint density at radius 1 is 0.939 bits per heavy atom. The molecule has 2 aromatic heterocycles. The molecule has 1 saturated heterocycles. The summed E-state index contributed by atoms with van der Waals surface area (Å²) in [5.74, 6) is 1.01. The maximum absolute atomic E-state index is 12.8. The van der Waals surface area contributed by atoms with Crippen LogP contribution >= 0.6 is 11.6 Å². The second kappa shape index (κ2) is 9.52. The molecule has 1 amide bonds. The van der Waals surface area contributed by atoms with Gasteiger partial charge in [0.05, 0.1) is 5.56 Å². The maximum atomic E-state index is 12.8. The number of piperazine rings is 1. The first-order chi connectivity index (χ1) is 16.2. The molecule has 33 heavy (non-hydrogen) atoms. The fraction of sp³-hybridized carbons (Fsp3) is 0.200. The number of hydrogen-bond acceptors (Lipinski definition) is 6. The number of nitrogens with zero attached hydrogens (tertiary/aromatic N) is 5. The van der Waals surface area contributed by atoms with Crippen LogP contribution in [0.4, 0.5) is 0 Å². The van der Waals surface area contributed by atoms with Gasteiger partial charge in [0.1, 0.15) is 5.15 Å². The maximum Gasteiger partial charge on any atom is 0.258 e. The van der Waals surface area contributed by atoms with Gasteiger partial charge in [0.15, 0.2) is 0 Å². The summed E-state index contributed by atoms with van der Waals surface area (Å²) in [7, 11) is 0. The Balaban J connectivity index is 1.22. The molecule has 1 aliphatic heterocycles. The molecule has 166 valence electrons. The monoisotopic (exact) mass is 459 g/mol. The molecule has 0 radical (unpaired) electrons. The Hall–Kier alpha value is -3.55. The molecule has 1 aliphatic rings. The first-order valence-corrected chi connectivity index (χ1v) is 11.2. The highest BCUT2D eigenvalue weighted by Gasteiger charge is 2.24. The van der Waals surface area contributed by atoms with E-state index in [0.717, 1.165) is 36.3 Å². The number of carbonyl (C=O) groups is 1. The van der Waals surface area contributed by atoms with E-state index in [0.29, 0.717) is 30.4 Å². The highest BCUT2D eigenvalue weighted by molar-refractivity contribution is 6.32. The molecule has 0 spiro atoms. The van der Waals surface area contributed by atoms with Crippen molar-refractivity contribution in [2.24, 2.45) is 0 Å². The van der Waals surface area contributed by atoms with Gasteiger partial charge in [0, 0.05) is 50.0 Å². The predicted molar refractivity (Wildman–Crippen MR) is 126 cm³/mol. The fourth-order valence-electron chi connectivity index (χ4n) is 3.93. The molecule has 7 nitrogen and oxygen atoms in total. The Kier molecular flexibility index (Phi) is 6.15. The van der Waals surface area contributed by atoms with Crippen molar-refractivity contribution < 1.29 is 9.32 Å². The Labute approximate surface area is 196 Å². The molecule has 4 aromatic rings. The third kappa shape index (κ3) is 4.79. The number of amides is 1. The Bertz CT molecular complexity index is 1250. The zero-order valence-corrected chi connectivity index (χ0v) is 18.7. The van der Waals surface area contributed by atoms with Crippen LogP contribution in [0.1, 0.15) is 15.9 Å². The Morgan fingerprint density at radius 2 is 1.73 bits per heavy atom. The van der Waals surface area contributed by atoms with Crippen molar-refractivity contribution in [3.8, 4) is 22.8 Å². The summed E-state index contributed by atoms with van der Waals surface area (Å²) in [4.78, 5) is 25.5. The van der Waals surface area contributed by atoms with Crippen molar-refractivity contribution in [1.29, 1.82) is 0 Å². The van der Waals surface area contributed by atoms with Crippen molar-refractivity contribution in [2.75, 3.05) is 26.2 Å². The molecule has 0 aliphatic carbocycles. The van der Waals surface area contributed by atoms with E-state index in [4.69, 9.17) is 16.1 Å². The van der Waals surface area contributed by atoms with Gasteiger partial charge in [-0.15, -0.1) is 0 Å². The zero-order chi connectivity index (χ0) is 22.6. The molecule has 0 bridgehead atoms. The lowest BCUT2D eigenvalue weighted by Crippen LogP contribution is -2.48. The van der Waals surface area contributed by atoms with Crippen molar-refractivity contribution in [3.63, 3.8) is 0 Å². The standard InChI is InChI=1S/C25H22ClN5O2/c26-22-21(10-5-11-27-22)25(32)31-14-12-30(13-15-31)17-18-6-4-9-20(16-18)23-28-24(33-29-23)19-7-2-1-3-8-19/h1-11,16H,12-15,17H2. The number of carbonyl (C=O) groups excluding carboxylic acids is 1. The molecule has 0 unspecified atom stereocenters. The molecule has 5 rings (SSSR count). The molecular formula is C25H22ClN5O2. The number of pyridine rings is 1. The first-order valence-electron chi connectivity index (χ1n) is 10.8. The SMILES string of the molecule is O=C(c1cccnc1Cl)N1CCN(Cc2cccc(-c3noc(-c4ccccc4)n3)c2)CC1. The number of rotatable bonds is 5. The molecule has 0 atom stereocenters. The summed E-state index contributed by atoms with van der Waals surface area (Å²) in [5.41, 5.74) is 3.43. The highest BCUT2D eigenvalue weighted by Crippen LogP contribution is 2.23. The van der Waals surface area contributed by atoms with E-state index in [1.807, 2.05) is 47.4 Å². The molecule has 8 heteroatoms. The summed E-state index contributed by atoms with van der Waals surface area (Å²) in [6.45, 7) is 3.65. The summed E-state index contributed by atoms with van der Waals surface area (Å²) in [5, 5.41) is 4.40. The van der Waals surface area contributed by atoms with Crippen molar-refractivity contribution >= 4 is 17.5 Å². The van der Waals surface area contributed by atoms with Gasteiger partial charge in [0.25, 0.3) is 11.8 Å². The lowest BCUT2D eigenvalue weighted by atomic mass is 10.1. The minimum absolute atomic E-state index is 0.0684. The van der Waals surface area contributed by atoms with Crippen LogP contribution in [0.25, 0.3) is 22.8 Å². The summed E-state index contributed by atoms with van der Waals surface area (Å²) in [6.07, 6.45) is 1.59. The van der Waals surface area contributed by atoms with Crippen LogP contribution in [-0.2, 0) is 6.54 Å². The van der Waals surface area contributed by atoms with Crippen LogP contribution in [-0.4, -0.2) is 57.0 Å². The molecule has 0 saturated carbocycles. The van der Waals surface area contributed by atoms with Crippen LogP contribution in [0.2, 0.25) is 5.15 Å². The molecule has 3 heterocycles. The molecule has 0 N–H and O–H groups in total. The van der Waals surface area contributed by atoms with E-state index in [1.54, 1.807) is 18.3 Å². The lowest BCUT2D eigenvalue weighted by molar-refractivity contribution is 0.0628. The van der Waals surface area contributed by atoms with Gasteiger partial charge in [-0.3, -0.25) is 9.69 Å². The van der Waals surface area contributed by atoms with Crippen LogP contribution in [0.5, 0.6) is 0 Å². The number of hydrogen-bond donors (Lipinski definition) is 0. The topological polar surface area (TPSA) is 75.4 Å². The number of benzene rings is 2. The van der Waals surface area contributed by atoms with Gasteiger partial charge in [-0.2, -0.15) is 4.98 Å². The summed E-state index contributed by atoms with van der Waals surface area (Å²) >= 11 is 6.09. The van der Waals surface area contributed by atoms with Gasteiger partial charge in [-0.1, -0.05) is 53.2 Å². The van der Waals surface area contributed by atoms with Crippen molar-refractivity contribution in [2.45, 2.75) is 6.54 Å². The minimum atomic E-state index is -0.0684. The quantitative estimate of drug-likeness (QED) is 0.411. The lowest BCUT2D eigenvalue weighted by Gasteiger charge is -2.34. The average Bonchev–Trinajstić information content (AvgIpc) is 3.36. The van der Waals surface area contributed by atoms with Gasteiger partial charge in [-0.05, 0) is 35.9 Å². The zero-order valence-electron chi connectivity index (χ0n) is 17.9.